The van der Waals surface area contributed by atoms with E-state index in [0.29, 0.717) is 37.6 Å². The van der Waals surface area contributed by atoms with Gasteiger partial charge < -0.3 is 18.8 Å². The zero-order chi connectivity index (χ0) is 20.4. The second kappa shape index (κ2) is 8.17. The SMILES string of the molecule is COc1cccc(-c2nc(S(=O)(=O)c3ccc(Br)cc3)c(N3CCOCC3)o2)c1. The Balaban J connectivity index is 1.84. The van der Waals surface area contributed by atoms with Gasteiger partial charge in [-0.2, -0.15) is 4.98 Å². The quantitative estimate of drug-likeness (QED) is 0.551. The summed E-state index contributed by atoms with van der Waals surface area (Å²) in [5.41, 5.74) is 0.635. The van der Waals surface area contributed by atoms with E-state index in [1.54, 1.807) is 55.6 Å². The van der Waals surface area contributed by atoms with Gasteiger partial charge in [0.2, 0.25) is 26.6 Å². The van der Waals surface area contributed by atoms with Crippen molar-refractivity contribution < 1.29 is 22.3 Å². The van der Waals surface area contributed by atoms with E-state index in [0.717, 1.165) is 4.47 Å². The molecule has 7 nitrogen and oxygen atoms in total. The molecular formula is C20H19BrN2O5S. The van der Waals surface area contributed by atoms with Gasteiger partial charge in [0.15, 0.2) is 0 Å². The van der Waals surface area contributed by atoms with Crippen molar-refractivity contribution in [2.45, 2.75) is 9.92 Å². The highest BCUT2D eigenvalue weighted by atomic mass is 79.9. The highest BCUT2D eigenvalue weighted by Gasteiger charge is 2.32. The molecule has 1 saturated heterocycles. The van der Waals surface area contributed by atoms with Crippen LogP contribution in [0.4, 0.5) is 5.88 Å². The van der Waals surface area contributed by atoms with Gasteiger partial charge in [-0.15, -0.1) is 0 Å². The van der Waals surface area contributed by atoms with E-state index in [4.69, 9.17) is 13.9 Å². The topological polar surface area (TPSA) is 81.9 Å². The molecule has 9 heteroatoms. The molecule has 0 saturated carbocycles. The molecule has 1 fully saturated rings. The molecule has 0 unspecified atom stereocenters. The van der Waals surface area contributed by atoms with Crippen LogP contribution in [-0.4, -0.2) is 46.8 Å². The van der Waals surface area contributed by atoms with Gasteiger partial charge in [-0.1, -0.05) is 22.0 Å². The number of hydrogen-bond donors (Lipinski definition) is 0. The summed E-state index contributed by atoms with van der Waals surface area (Å²) in [7, 11) is -2.31. The Labute approximate surface area is 177 Å². The van der Waals surface area contributed by atoms with Crippen LogP contribution in [0.3, 0.4) is 0 Å². The third-order valence-electron chi connectivity index (χ3n) is 4.57. The molecule has 0 atom stereocenters. The Morgan fingerprint density at radius 1 is 1.10 bits per heavy atom. The normalized spacial score (nSPS) is 14.8. The van der Waals surface area contributed by atoms with Crippen LogP contribution in [-0.2, 0) is 14.6 Å². The first kappa shape index (κ1) is 19.9. The van der Waals surface area contributed by atoms with Crippen molar-refractivity contribution in [2.24, 2.45) is 0 Å². The van der Waals surface area contributed by atoms with Crippen molar-refractivity contribution in [2.75, 3.05) is 38.3 Å². The summed E-state index contributed by atoms with van der Waals surface area (Å²) in [5.74, 6) is 1.08. The molecule has 152 valence electrons. The summed E-state index contributed by atoms with van der Waals surface area (Å²) in [6.45, 7) is 2.03. The largest absolute Gasteiger partial charge is 0.497 e. The first-order valence-corrected chi connectivity index (χ1v) is 11.3. The van der Waals surface area contributed by atoms with E-state index in [2.05, 4.69) is 20.9 Å². The maximum Gasteiger partial charge on any atom is 0.236 e. The number of benzene rings is 2. The van der Waals surface area contributed by atoms with Crippen LogP contribution in [0, 0.1) is 0 Å². The number of morpholine rings is 1. The third kappa shape index (κ3) is 4.03. The molecule has 29 heavy (non-hydrogen) atoms. The molecule has 0 N–H and O–H groups in total. The van der Waals surface area contributed by atoms with Crippen molar-refractivity contribution in [1.82, 2.24) is 4.98 Å². The summed E-state index contributed by atoms with van der Waals surface area (Å²) >= 11 is 3.33. The van der Waals surface area contributed by atoms with Gasteiger partial charge in [0.25, 0.3) is 0 Å². The molecule has 0 amide bonds. The van der Waals surface area contributed by atoms with Gasteiger partial charge in [0.05, 0.1) is 25.2 Å². The molecule has 4 rings (SSSR count). The van der Waals surface area contributed by atoms with Crippen LogP contribution in [0.5, 0.6) is 5.75 Å². The predicted molar refractivity (Wildman–Crippen MR) is 111 cm³/mol. The minimum atomic E-state index is -3.88. The lowest BCUT2D eigenvalue weighted by molar-refractivity contribution is 0.120. The summed E-state index contributed by atoms with van der Waals surface area (Å²) in [4.78, 5) is 6.40. The molecule has 2 heterocycles. The fourth-order valence-corrected chi connectivity index (χ4v) is 4.63. The number of nitrogens with zero attached hydrogens (tertiary/aromatic N) is 2. The first-order valence-electron chi connectivity index (χ1n) is 8.97. The highest BCUT2D eigenvalue weighted by Crippen LogP contribution is 2.36. The highest BCUT2D eigenvalue weighted by molar-refractivity contribution is 9.10. The number of halogens is 1. The second-order valence-electron chi connectivity index (χ2n) is 6.42. The Kier molecular flexibility index (Phi) is 5.62. The zero-order valence-corrected chi connectivity index (χ0v) is 18.1. The molecule has 3 aromatic rings. The van der Waals surface area contributed by atoms with Crippen LogP contribution in [0.15, 0.2) is 67.3 Å². The van der Waals surface area contributed by atoms with E-state index in [9.17, 15) is 8.42 Å². The Morgan fingerprint density at radius 2 is 1.83 bits per heavy atom. The number of methoxy groups -OCH3 is 1. The van der Waals surface area contributed by atoms with E-state index < -0.39 is 9.84 Å². The van der Waals surface area contributed by atoms with Gasteiger partial charge in [-0.25, -0.2) is 8.42 Å². The lowest BCUT2D eigenvalue weighted by Crippen LogP contribution is -2.36. The smallest absolute Gasteiger partial charge is 0.236 e. The van der Waals surface area contributed by atoms with Crippen molar-refractivity contribution in [3.63, 3.8) is 0 Å². The average molecular weight is 479 g/mol. The van der Waals surface area contributed by atoms with Crippen molar-refractivity contribution >= 4 is 31.7 Å². The Morgan fingerprint density at radius 3 is 2.52 bits per heavy atom. The summed E-state index contributed by atoms with van der Waals surface area (Å²) in [6.07, 6.45) is 0. The minimum Gasteiger partial charge on any atom is -0.497 e. The fraction of sp³-hybridized carbons (Fsp3) is 0.250. The van der Waals surface area contributed by atoms with Crippen LogP contribution in [0.2, 0.25) is 0 Å². The molecule has 1 aromatic heterocycles. The number of rotatable bonds is 5. The van der Waals surface area contributed by atoms with Crippen molar-refractivity contribution in [3.05, 3.63) is 53.0 Å². The molecule has 0 spiro atoms. The third-order valence-corrected chi connectivity index (χ3v) is 6.77. The Hall–Kier alpha value is -2.36. The van der Waals surface area contributed by atoms with Gasteiger partial charge >= 0.3 is 0 Å². The Bertz CT molecular complexity index is 1110. The molecule has 0 radical (unpaired) electrons. The van der Waals surface area contributed by atoms with Gasteiger partial charge in [-0.3, -0.25) is 0 Å². The van der Waals surface area contributed by atoms with Crippen LogP contribution in [0.25, 0.3) is 11.5 Å². The second-order valence-corrected chi connectivity index (χ2v) is 9.20. The summed E-state index contributed by atoms with van der Waals surface area (Å²) in [6, 6.07) is 13.6. The first-order chi connectivity index (χ1) is 14.0. The van der Waals surface area contributed by atoms with E-state index in [1.807, 2.05) is 4.90 Å². The summed E-state index contributed by atoms with van der Waals surface area (Å²) in [5, 5.41) is -0.0976. The lowest BCUT2D eigenvalue weighted by Gasteiger charge is -2.26. The molecular weight excluding hydrogens is 460 g/mol. The number of sulfone groups is 1. The van der Waals surface area contributed by atoms with E-state index in [1.165, 1.54) is 0 Å². The molecule has 0 bridgehead atoms. The van der Waals surface area contributed by atoms with Crippen LogP contribution in [0.1, 0.15) is 0 Å². The van der Waals surface area contributed by atoms with Gasteiger partial charge in [0.1, 0.15) is 5.75 Å². The average Bonchev–Trinajstić information content (AvgIpc) is 3.21. The molecule has 0 aliphatic carbocycles. The van der Waals surface area contributed by atoms with Gasteiger partial charge in [0, 0.05) is 23.1 Å². The number of aromatic nitrogens is 1. The number of anilines is 1. The fourth-order valence-electron chi connectivity index (χ4n) is 3.04. The summed E-state index contributed by atoms with van der Waals surface area (Å²) < 4.78 is 44.1. The predicted octanol–water partition coefficient (Wildman–Crippen LogP) is 3.78. The molecule has 2 aromatic carbocycles. The monoisotopic (exact) mass is 478 g/mol. The van der Waals surface area contributed by atoms with E-state index >= 15 is 0 Å². The van der Waals surface area contributed by atoms with Crippen molar-refractivity contribution in [1.29, 1.82) is 0 Å². The molecule has 1 aliphatic rings. The maximum atomic E-state index is 13.4. The molecule has 1 aliphatic heterocycles. The van der Waals surface area contributed by atoms with Crippen LogP contribution >= 0.6 is 15.9 Å². The standard InChI is InChI=1S/C20H19BrN2O5S/c1-26-16-4-2-3-14(13-16)18-22-19(20(28-18)23-9-11-27-12-10-23)29(24,25)17-7-5-15(21)6-8-17/h2-8,13H,9-12H2,1H3. The lowest BCUT2D eigenvalue weighted by atomic mass is 10.2. The van der Waals surface area contributed by atoms with Crippen molar-refractivity contribution in [3.8, 4) is 17.2 Å². The van der Waals surface area contributed by atoms with Crippen LogP contribution < -0.4 is 9.64 Å². The number of hydrogen-bond acceptors (Lipinski definition) is 7. The van der Waals surface area contributed by atoms with Gasteiger partial charge in [-0.05, 0) is 42.5 Å². The number of ether oxygens (including phenoxy) is 2. The number of oxazole rings is 1. The minimum absolute atomic E-state index is 0.0976. The zero-order valence-electron chi connectivity index (χ0n) is 15.7. The van der Waals surface area contributed by atoms with E-state index in [-0.39, 0.29) is 21.7 Å². The maximum absolute atomic E-state index is 13.4.